The average molecular weight is 192 g/mol. The number of carbonyl (C=O) groups excluding carboxylic acids is 1. The molecule has 0 amide bonds. The van der Waals surface area contributed by atoms with Gasteiger partial charge in [-0.15, -0.1) is 0 Å². The Bertz CT molecular complexity index is 210. The summed E-state index contributed by atoms with van der Waals surface area (Å²) < 4.78 is 29.6. The van der Waals surface area contributed by atoms with Gasteiger partial charge in [0.1, 0.15) is 6.10 Å². The third-order valence-electron chi connectivity index (χ3n) is 1.94. The Morgan fingerprint density at radius 3 is 2.15 bits per heavy atom. The van der Waals surface area contributed by atoms with Crippen molar-refractivity contribution in [1.82, 2.24) is 0 Å². The minimum absolute atomic E-state index is 0.325. The van der Waals surface area contributed by atoms with E-state index in [1.165, 1.54) is 0 Å². The minimum atomic E-state index is -2.62. The van der Waals surface area contributed by atoms with Gasteiger partial charge in [0.05, 0.1) is 5.41 Å². The zero-order valence-electron chi connectivity index (χ0n) is 8.06. The van der Waals surface area contributed by atoms with Crippen molar-refractivity contribution in [2.24, 2.45) is 5.41 Å². The van der Waals surface area contributed by atoms with Crippen LogP contribution >= 0.6 is 0 Å². The highest BCUT2D eigenvalue weighted by Gasteiger charge is 2.48. The molecule has 2 nitrogen and oxygen atoms in total. The minimum Gasteiger partial charge on any atom is -0.462 e. The molecule has 0 N–H and O–H groups in total. The summed E-state index contributed by atoms with van der Waals surface area (Å²) in [6.07, 6.45) is -1.23. The van der Waals surface area contributed by atoms with Crippen LogP contribution in [0.2, 0.25) is 0 Å². The molecule has 0 radical (unpaired) electrons. The van der Waals surface area contributed by atoms with Gasteiger partial charge in [-0.1, -0.05) is 0 Å². The van der Waals surface area contributed by atoms with Crippen molar-refractivity contribution < 1.29 is 18.3 Å². The van der Waals surface area contributed by atoms with Crippen molar-refractivity contribution in [3.8, 4) is 0 Å². The van der Waals surface area contributed by atoms with Gasteiger partial charge in [0, 0.05) is 12.8 Å². The van der Waals surface area contributed by atoms with Crippen LogP contribution in [0.3, 0.4) is 0 Å². The number of hydrogen-bond donors (Lipinski definition) is 0. The molecule has 1 rings (SSSR count). The van der Waals surface area contributed by atoms with E-state index in [1.807, 2.05) is 0 Å². The Balaban J connectivity index is 2.33. The molecule has 0 saturated heterocycles. The largest absolute Gasteiger partial charge is 0.462 e. The molecular formula is C9H14F2O2. The first-order valence-electron chi connectivity index (χ1n) is 4.30. The summed E-state index contributed by atoms with van der Waals surface area (Å²) in [6.45, 7) is 5.10. The standard InChI is InChI=1S/C9H14F2O2/c1-8(2,3)7(12)13-6-4-9(10,11)5-6/h6H,4-5H2,1-3H3. The van der Waals surface area contributed by atoms with Crippen molar-refractivity contribution in [3.05, 3.63) is 0 Å². The van der Waals surface area contributed by atoms with E-state index >= 15 is 0 Å². The fourth-order valence-corrected chi connectivity index (χ4v) is 1.02. The molecular weight excluding hydrogens is 178 g/mol. The van der Waals surface area contributed by atoms with E-state index in [9.17, 15) is 13.6 Å². The molecule has 0 aromatic carbocycles. The lowest BCUT2D eigenvalue weighted by Crippen LogP contribution is -2.44. The zero-order chi connectivity index (χ0) is 10.3. The molecule has 1 fully saturated rings. The summed E-state index contributed by atoms with van der Waals surface area (Å²) in [4.78, 5) is 11.2. The summed E-state index contributed by atoms with van der Waals surface area (Å²) >= 11 is 0. The first-order valence-corrected chi connectivity index (χ1v) is 4.30. The van der Waals surface area contributed by atoms with Gasteiger partial charge in [0.25, 0.3) is 5.92 Å². The highest BCUT2D eigenvalue weighted by Crippen LogP contribution is 2.40. The number of halogens is 2. The Labute approximate surface area is 76.3 Å². The maximum atomic E-state index is 12.3. The van der Waals surface area contributed by atoms with Crippen LogP contribution in [-0.4, -0.2) is 18.0 Å². The van der Waals surface area contributed by atoms with Crippen LogP contribution in [0.5, 0.6) is 0 Å². The molecule has 0 aromatic heterocycles. The summed E-state index contributed by atoms with van der Waals surface area (Å²) in [7, 11) is 0. The molecule has 1 saturated carbocycles. The van der Waals surface area contributed by atoms with E-state index in [4.69, 9.17) is 4.74 Å². The molecule has 13 heavy (non-hydrogen) atoms. The van der Waals surface area contributed by atoms with Gasteiger partial charge in [0.2, 0.25) is 0 Å². The van der Waals surface area contributed by atoms with Gasteiger partial charge < -0.3 is 4.74 Å². The topological polar surface area (TPSA) is 26.3 Å². The molecule has 0 spiro atoms. The molecule has 0 unspecified atom stereocenters. The van der Waals surface area contributed by atoms with Gasteiger partial charge >= 0.3 is 5.97 Å². The van der Waals surface area contributed by atoms with E-state index in [0.29, 0.717) is 0 Å². The first kappa shape index (κ1) is 10.4. The second-order valence-corrected chi connectivity index (χ2v) is 4.54. The molecule has 0 heterocycles. The molecule has 1 aliphatic rings. The van der Waals surface area contributed by atoms with Crippen LogP contribution in [-0.2, 0) is 9.53 Å². The lowest BCUT2D eigenvalue weighted by molar-refractivity contribution is -0.190. The van der Waals surface area contributed by atoms with Crippen molar-refractivity contribution >= 4 is 5.97 Å². The highest BCUT2D eigenvalue weighted by atomic mass is 19.3. The van der Waals surface area contributed by atoms with E-state index in [0.717, 1.165) is 0 Å². The predicted molar refractivity (Wildman–Crippen MR) is 43.5 cm³/mol. The molecule has 76 valence electrons. The second kappa shape index (κ2) is 2.93. The molecule has 0 aliphatic heterocycles. The lowest BCUT2D eigenvalue weighted by Gasteiger charge is -2.35. The first-order chi connectivity index (χ1) is 5.71. The van der Waals surface area contributed by atoms with Crippen molar-refractivity contribution in [2.75, 3.05) is 0 Å². The normalized spacial score (nSPS) is 22.2. The number of ether oxygens (including phenoxy) is 1. The number of esters is 1. The molecule has 4 heteroatoms. The number of rotatable bonds is 1. The van der Waals surface area contributed by atoms with E-state index < -0.39 is 23.4 Å². The van der Waals surface area contributed by atoms with Crippen molar-refractivity contribution in [2.45, 2.75) is 45.6 Å². The van der Waals surface area contributed by atoms with Gasteiger partial charge in [0.15, 0.2) is 0 Å². The Morgan fingerprint density at radius 1 is 1.38 bits per heavy atom. The van der Waals surface area contributed by atoms with Gasteiger partial charge in [-0.3, -0.25) is 4.79 Å². The monoisotopic (exact) mass is 192 g/mol. The van der Waals surface area contributed by atoms with Crippen LogP contribution in [0, 0.1) is 5.41 Å². The van der Waals surface area contributed by atoms with Gasteiger partial charge in [-0.05, 0) is 20.8 Å². The third kappa shape index (κ3) is 2.64. The third-order valence-corrected chi connectivity index (χ3v) is 1.94. The number of alkyl halides is 2. The van der Waals surface area contributed by atoms with E-state index in [-0.39, 0.29) is 12.8 Å². The highest BCUT2D eigenvalue weighted by molar-refractivity contribution is 5.75. The van der Waals surface area contributed by atoms with E-state index in [1.54, 1.807) is 20.8 Å². The predicted octanol–water partition coefficient (Wildman–Crippen LogP) is 2.37. The summed E-state index contributed by atoms with van der Waals surface area (Å²) in [5.41, 5.74) is -0.606. The van der Waals surface area contributed by atoms with Crippen LogP contribution in [0.25, 0.3) is 0 Å². The number of carbonyl (C=O) groups is 1. The molecule has 0 bridgehead atoms. The molecule has 1 aliphatic carbocycles. The van der Waals surface area contributed by atoms with Crippen molar-refractivity contribution in [3.63, 3.8) is 0 Å². The summed E-state index contributed by atoms with van der Waals surface area (Å²) in [5.74, 6) is -3.03. The van der Waals surface area contributed by atoms with Crippen LogP contribution in [0.1, 0.15) is 33.6 Å². The SMILES string of the molecule is CC(C)(C)C(=O)OC1CC(F)(F)C1. The van der Waals surface area contributed by atoms with Crippen LogP contribution < -0.4 is 0 Å². The molecule has 0 aromatic rings. The van der Waals surface area contributed by atoms with E-state index in [2.05, 4.69) is 0 Å². The summed E-state index contributed by atoms with van der Waals surface area (Å²) in [5, 5.41) is 0. The maximum Gasteiger partial charge on any atom is 0.311 e. The summed E-state index contributed by atoms with van der Waals surface area (Å²) in [6, 6.07) is 0. The average Bonchev–Trinajstić information content (AvgIpc) is 1.80. The molecule has 0 atom stereocenters. The van der Waals surface area contributed by atoms with Crippen LogP contribution in [0.15, 0.2) is 0 Å². The van der Waals surface area contributed by atoms with Crippen molar-refractivity contribution in [1.29, 1.82) is 0 Å². The van der Waals surface area contributed by atoms with Crippen LogP contribution in [0.4, 0.5) is 8.78 Å². The Hall–Kier alpha value is -0.670. The fraction of sp³-hybridized carbons (Fsp3) is 0.889. The van der Waals surface area contributed by atoms with Gasteiger partial charge in [-0.2, -0.15) is 0 Å². The van der Waals surface area contributed by atoms with Gasteiger partial charge in [-0.25, -0.2) is 8.78 Å². The Morgan fingerprint density at radius 2 is 1.85 bits per heavy atom. The Kier molecular flexibility index (Phi) is 2.34. The number of hydrogen-bond acceptors (Lipinski definition) is 2. The quantitative estimate of drug-likeness (QED) is 0.596. The maximum absolute atomic E-state index is 12.3. The smallest absolute Gasteiger partial charge is 0.311 e. The lowest BCUT2D eigenvalue weighted by atomic mass is 9.90. The zero-order valence-corrected chi connectivity index (χ0v) is 8.06. The fourth-order valence-electron chi connectivity index (χ4n) is 1.02. The second-order valence-electron chi connectivity index (χ2n) is 4.54.